The maximum atomic E-state index is 12.4. The van der Waals surface area contributed by atoms with Crippen molar-refractivity contribution in [1.82, 2.24) is 15.1 Å². The van der Waals surface area contributed by atoms with Crippen molar-refractivity contribution in [2.24, 2.45) is 0 Å². The first-order valence-electron chi connectivity index (χ1n) is 10.8. The fraction of sp³-hybridized carbons (Fsp3) is 0.375. The number of hydrogen-bond donors (Lipinski definition) is 2. The molecule has 0 bridgehead atoms. The van der Waals surface area contributed by atoms with Crippen molar-refractivity contribution >= 4 is 29.5 Å². The minimum atomic E-state index is -0.270. The van der Waals surface area contributed by atoms with Crippen molar-refractivity contribution in [2.75, 3.05) is 44.6 Å². The molecule has 1 aliphatic heterocycles. The third kappa shape index (κ3) is 6.81. The summed E-state index contributed by atoms with van der Waals surface area (Å²) >= 11 is 0. The fourth-order valence-electron chi connectivity index (χ4n) is 3.60. The Morgan fingerprint density at radius 2 is 1.75 bits per heavy atom. The molecule has 1 aromatic carbocycles. The number of aryl methyl sites for hydroxylation is 2. The Morgan fingerprint density at radius 3 is 2.41 bits per heavy atom. The average molecular weight is 439 g/mol. The molecular weight excluding hydrogens is 408 g/mol. The van der Waals surface area contributed by atoms with Crippen molar-refractivity contribution in [1.29, 1.82) is 0 Å². The van der Waals surface area contributed by atoms with Gasteiger partial charge in [-0.1, -0.05) is 18.2 Å². The van der Waals surface area contributed by atoms with Crippen LogP contribution in [-0.2, 0) is 14.4 Å². The smallest absolute Gasteiger partial charge is 0.244 e. The first-order valence-corrected chi connectivity index (χ1v) is 10.8. The van der Waals surface area contributed by atoms with Gasteiger partial charge in [0.15, 0.2) is 0 Å². The fourth-order valence-corrected chi connectivity index (χ4v) is 3.60. The van der Waals surface area contributed by atoms with Gasteiger partial charge in [0.05, 0.1) is 12.8 Å². The molecule has 1 saturated heterocycles. The van der Waals surface area contributed by atoms with E-state index in [1.165, 1.54) is 12.3 Å². The molecule has 2 aromatic rings. The standard InChI is InChI=1S/C24H30N4O4/c1-18-5-3-6-19(2)24(18)26-22(30)17-27-12-14-28(15-13-27)23(31)10-11-25-21(29)9-8-20-7-4-16-32-20/h3-9,16H,10-15,17H2,1-2H3,(H,25,29)(H,26,30)/b9-8+. The van der Waals surface area contributed by atoms with Gasteiger partial charge in [-0.25, -0.2) is 0 Å². The van der Waals surface area contributed by atoms with Gasteiger partial charge in [-0.15, -0.1) is 0 Å². The van der Waals surface area contributed by atoms with Crippen LogP contribution in [0.5, 0.6) is 0 Å². The topological polar surface area (TPSA) is 94.9 Å². The number of carbonyl (C=O) groups is 3. The highest BCUT2D eigenvalue weighted by molar-refractivity contribution is 5.94. The molecule has 1 aromatic heterocycles. The van der Waals surface area contributed by atoms with Crippen LogP contribution in [0.25, 0.3) is 6.08 Å². The van der Waals surface area contributed by atoms with E-state index in [0.29, 0.717) is 38.5 Å². The summed E-state index contributed by atoms with van der Waals surface area (Å²) in [6.45, 7) is 6.96. The van der Waals surface area contributed by atoms with Crippen molar-refractivity contribution < 1.29 is 18.8 Å². The number of nitrogens with zero attached hydrogens (tertiary/aromatic N) is 2. The second kappa shape index (κ2) is 11.3. The summed E-state index contributed by atoms with van der Waals surface area (Å²) in [6, 6.07) is 9.42. The molecule has 3 rings (SSSR count). The quantitative estimate of drug-likeness (QED) is 0.616. The van der Waals surface area contributed by atoms with E-state index in [1.807, 2.05) is 36.9 Å². The van der Waals surface area contributed by atoms with Crippen LogP contribution in [0, 0.1) is 13.8 Å². The van der Waals surface area contributed by atoms with Crippen LogP contribution >= 0.6 is 0 Å². The van der Waals surface area contributed by atoms with E-state index in [9.17, 15) is 14.4 Å². The Bertz CT molecular complexity index is 940. The summed E-state index contributed by atoms with van der Waals surface area (Å²) in [5.41, 5.74) is 2.95. The largest absolute Gasteiger partial charge is 0.465 e. The highest BCUT2D eigenvalue weighted by Gasteiger charge is 2.22. The van der Waals surface area contributed by atoms with Gasteiger partial charge in [0.25, 0.3) is 0 Å². The lowest BCUT2D eigenvalue weighted by Crippen LogP contribution is -2.50. The Kier molecular flexibility index (Phi) is 8.21. The molecule has 0 spiro atoms. The molecule has 1 aliphatic rings. The lowest BCUT2D eigenvalue weighted by Gasteiger charge is -2.34. The van der Waals surface area contributed by atoms with Gasteiger partial charge in [-0.2, -0.15) is 0 Å². The van der Waals surface area contributed by atoms with Gasteiger partial charge < -0.3 is 20.0 Å². The van der Waals surface area contributed by atoms with Crippen molar-refractivity contribution in [3.63, 3.8) is 0 Å². The molecule has 8 nitrogen and oxygen atoms in total. The zero-order valence-corrected chi connectivity index (χ0v) is 18.6. The number of anilines is 1. The molecule has 2 N–H and O–H groups in total. The third-order valence-electron chi connectivity index (χ3n) is 5.42. The van der Waals surface area contributed by atoms with Crippen LogP contribution < -0.4 is 10.6 Å². The summed E-state index contributed by atoms with van der Waals surface area (Å²) in [7, 11) is 0. The zero-order valence-electron chi connectivity index (χ0n) is 18.6. The number of benzene rings is 1. The number of hydrogen-bond acceptors (Lipinski definition) is 5. The summed E-state index contributed by atoms with van der Waals surface area (Å²) in [4.78, 5) is 40.5. The molecular formula is C24H30N4O4. The Morgan fingerprint density at radius 1 is 1.03 bits per heavy atom. The monoisotopic (exact) mass is 438 g/mol. The molecule has 1 fully saturated rings. The number of amides is 3. The summed E-state index contributed by atoms with van der Waals surface area (Å²) in [5.74, 6) is 0.276. The van der Waals surface area contributed by atoms with Crippen LogP contribution in [0.1, 0.15) is 23.3 Å². The maximum Gasteiger partial charge on any atom is 0.244 e. The van der Waals surface area contributed by atoms with Crippen LogP contribution in [0.15, 0.2) is 47.1 Å². The van der Waals surface area contributed by atoms with Crippen LogP contribution in [0.2, 0.25) is 0 Å². The van der Waals surface area contributed by atoms with E-state index in [1.54, 1.807) is 23.1 Å². The molecule has 0 atom stereocenters. The Labute approximate surface area is 188 Å². The molecule has 3 amide bonds. The Hall–Kier alpha value is -3.39. The minimum Gasteiger partial charge on any atom is -0.465 e. The SMILES string of the molecule is Cc1cccc(C)c1NC(=O)CN1CCN(C(=O)CCNC(=O)/C=C/c2ccco2)CC1. The molecule has 0 radical (unpaired) electrons. The predicted octanol–water partition coefficient (Wildman–Crippen LogP) is 2.20. The lowest BCUT2D eigenvalue weighted by atomic mass is 10.1. The molecule has 2 heterocycles. The molecule has 170 valence electrons. The van der Waals surface area contributed by atoms with Gasteiger partial charge in [0, 0.05) is 50.9 Å². The molecule has 8 heteroatoms. The highest BCUT2D eigenvalue weighted by Crippen LogP contribution is 2.19. The van der Waals surface area contributed by atoms with E-state index >= 15 is 0 Å². The average Bonchev–Trinajstić information content (AvgIpc) is 3.29. The Balaban J connectivity index is 1.34. The van der Waals surface area contributed by atoms with Crippen LogP contribution in [0.3, 0.4) is 0 Å². The summed E-state index contributed by atoms with van der Waals surface area (Å²) < 4.78 is 5.12. The second-order valence-electron chi connectivity index (χ2n) is 7.86. The van der Waals surface area contributed by atoms with Crippen molar-refractivity contribution in [3.8, 4) is 0 Å². The number of nitrogens with one attached hydrogen (secondary N) is 2. The lowest BCUT2D eigenvalue weighted by molar-refractivity contribution is -0.133. The van der Waals surface area contributed by atoms with Gasteiger partial charge >= 0.3 is 0 Å². The van der Waals surface area contributed by atoms with E-state index < -0.39 is 0 Å². The van der Waals surface area contributed by atoms with E-state index in [2.05, 4.69) is 10.6 Å². The zero-order chi connectivity index (χ0) is 22.9. The summed E-state index contributed by atoms with van der Waals surface area (Å²) in [5, 5.41) is 5.71. The number of piperazine rings is 1. The van der Waals surface area contributed by atoms with Crippen molar-refractivity contribution in [3.05, 3.63) is 59.6 Å². The number of rotatable bonds is 8. The second-order valence-corrected chi connectivity index (χ2v) is 7.86. The molecule has 0 unspecified atom stereocenters. The van der Waals surface area contributed by atoms with Crippen LogP contribution in [0.4, 0.5) is 5.69 Å². The molecule has 32 heavy (non-hydrogen) atoms. The van der Waals surface area contributed by atoms with Gasteiger partial charge in [0.1, 0.15) is 5.76 Å². The predicted molar refractivity (Wildman–Crippen MR) is 123 cm³/mol. The summed E-state index contributed by atoms with van der Waals surface area (Å²) in [6.07, 6.45) is 4.74. The van der Waals surface area contributed by atoms with E-state index in [-0.39, 0.29) is 30.7 Å². The third-order valence-corrected chi connectivity index (χ3v) is 5.42. The van der Waals surface area contributed by atoms with Gasteiger partial charge in [0.2, 0.25) is 17.7 Å². The maximum absolute atomic E-state index is 12.4. The normalized spacial score (nSPS) is 14.5. The van der Waals surface area contributed by atoms with E-state index in [4.69, 9.17) is 4.42 Å². The van der Waals surface area contributed by atoms with Gasteiger partial charge in [-0.05, 0) is 43.2 Å². The van der Waals surface area contributed by atoms with Crippen LogP contribution in [-0.4, -0.2) is 66.8 Å². The number of furan rings is 1. The molecule has 0 aliphatic carbocycles. The van der Waals surface area contributed by atoms with Crippen molar-refractivity contribution in [2.45, 2.75) is 20.3 Å². The van der Waals surface area contributed by atoms with Gasteiger partial charge in [-0.3, -0.25) is 19.3 Å². The number of para-hydroxylation sites is 1. The molecule has 0 saturated carbocycles. The highest BCUT2D eigenvalue weighted by atomic mass is 16.3. The first-order chi connectivity index (χ1) is 15.4. The number of carbonyl (C=O) groups excluding carboxylic acids is 3. The first kappa shape index (κ1) is 23.3. The van der Waals surface area contributed by atoms with E-state index in [0.717, 1.165) is 16.8 Å². The minimum absolute atomic E-state index is 0.0000455.